The van der Waals surface area contributed by atoms with Crippen molar-refractivity contribution in [3.05, 3.63) is 35.4 Å². The van der Waals surface area contributed by atoms with Gasteiger partial charge in [-0.1, -0.05) is 12.1 Å². The fraction of sp³-hybridized carbons (Fsp3) is 0.500. The number of carbonyl (C=O) groups excluding carboxylic acids is 1. The SMILES string of the molecule is CC(=O)N1CCN(Cc2ccc(C(=O)O)cc2)[C@H]2CS(=O)(=O)C[C@H]21. The lowest BCUT2D eigenvalue weighted by Gasteiger charge is -2.43. The zero-order valence-electron chi connectivity index (χ0n) is 13.4. The Morgan fingerprint density at radius 3 is 2.33 bits per heavy atom. The maximum atomic E-state index is 12.1. The highest BCUT2D eigenvalue weighted by atomic mass is 32.2. The van der Waals surface area contributed by atoms with Gasteiger partial charge in [-0.3, -0.25) is 9.69 Å². The maximum Gasteiger partial charge on any atom is 0.335 e. The average Bonchev–Trinajstić information content (AvgIpc) is 2.83. The summed E-state index contributed by atoms with van der Waals surface area (Å²) in [5.74, 6) is -0.980. The summed E-state index contributed by atoms with van der Waals surface area (Å²) in [6.45, 7) is 3.14. The van der Waals surface area contributed by atoms with Crippen LogP contribution in [-0.4, -0.2) is 71.9 Å². The number of rotatable bonds is 3. The summed E-state index contributed by atoms with van der Waals surface area (Å²) in [6, 6.07) is 6.10. The molecule has 130 valence electrons. The fourth-order valence-corrected chi connectivity index (χ4v) is 5.61. The smallest absolute Gasteiger partial charge is 0.335 e. The van der Waals surface area contributed by atoms with Gasteiger partial charge in [-0.2, -0.15) is 0 Å². The van der Waals surface area contributed by atoms with Crippen molar-refractivity contribution in [3.63, 3.8) is 0 Å². The summed E-state index contributed by atoms with van der Waals surface area (Å²) in [5, 5.41) is 8.94. The van der Waals surface area contributed by atoms with Crippen molar-refractivity contribution < 1.29 is 23.1 Å². The molecule has 3 rings (SSSR count). The molecule has 1 aromatic rings. The van der Waals surface area contributed by atoms with E-state index in [9.17, 15) is 18.0 Å². The van der Waals surface area contributed by atoms with E-state index in [2.05, 4.69) is 4.90 Å². The number of carboxylic acid groups (broad SMARTS) is 1. The molecule has 2 aliphatic heterocycles. The van der Waals surface area contributed by atoms with Crippen LogP contribution in [0.15, 0.2) is 24.3 Å². The van der Waals surface area contributed by atoms with Crippen molar-refractivity contribution in [2.75, 3.05) is 24.6 Å². The predicted octanol–water partition coefficient (Wildman–Crippen LogP) is 0.215. The molecular weight excluding hydrogens is 332 g/mol. The zero-order chi connectivity index (χ0) is 17.5. The van der Waals surface area contributed by atoms with Gasteiger partial charge < -0.3 is 10.0 Å². The highest BCUT2D eigenvalue weighted by Crippen LogP contribution is 2.28. The largest absolute Gasteiger partial charge is 0.478 e. The zero-order valence-corrected chi connectivity index (χ0v) is 14.2. The van der Waals surface area contributed by atoms with E-state index < -0.39 is 15.8 Å². The topological polar surface area (TPSA) is 95.0 Å². The predicted molar refractivity (Wildman–Crippen MR) is 87.4 cm³/mol. The van der Waals surface area contributed by atoms with Gasteiger partial charge >= 0.3 is 5.97 Å². The first-order valence-electron chi connectivity index (χ1n) is 7.81. The van der Waals surface area contributed by atoms with Crippen LogP contribution in [0.5, 0.6) is 0 Å². The molecule has 1 aromatic carbocycles. The molecule has 7 nitrogen and oxygen atoms in total. The van der Waals surface area contributed by atoms with Gasteiger partial charge in [0, 0.05) is 32.6 Å². The lowest BCUT2D eigenvalue weighted by Crippen LogP contribution is -2.59. The third kappa shape index (κ3) is 3.29. The molecule has 2 fully saturated rings. The van der Waals surface area contributed by atoms with Crippen LogP contribution in [0.4, 0.5) is 0 Å². The molecule has 2 aliphatic rings. The molecule has 0 radical (unpaired) electrons. The molecule has 0 spiro atoms. The number of aromatic carboxylic acids is 1. The van der Waals surface area contributed by atoms with Gasteiger partial charge in [-0.25, -0.2) is 13.2 Å². The summed E-state index contributed by atoms with van der Waals surface area (Å²) in [4.78, 5) is 26.4. The van der Waals surface area contributed by atoms with E-state index in [4.69, 9.17) is 5.11 Å². The molecule has 0 bridgehead atoms. The third-order valence-electron chi connectivity index (χ3n) is 4.78. The van der Waals surface area contributed by atoms with Gasteiger partial charge in [0.05, 0.1) is 23.1 Å². The van der Waals surface area contributed by atoms with E-state index in [-0.39, 0.29) is 35.1 Å². The Morgan fingerprint density at radius 1 is 1.12 bits per heavy atom. The Hall–Kier alpha value is -1.93. The second kappa shape index (κ2) is 6.18. The minimum absolute atomic E-state index is 0.0195. The van der Waals surface area contributed by atoms with Crippen molar-refractivity contribution in [1.82, 2.24) is 9.80 Å². The van der Waals surface area contributed by atoms with Gasteiger partial charge in [0.25, 0.3) is 0 Å². The van der Waals surface area contributed by atoms with Crippen LogP contribution in [0, 0.1) is 0 Å². The van der Waals surface area contributed by atoms with E-state index in [0.29, 0.717) is 19.6 Å². The number of fused-ring (bicyclic) bond motifs is 1. The number of nitrogens with zero attached hydrogens (tertiary/aromatic N) is 2. The molecule has 0 unspecified atom stereocenters. The van der Waals surface area contributed by atoms with E-state index in [1.807, 2.05) is 0 Å². The van der Waals surface area contributed by atoms with Gasteiger partial charge in [-0.05, 0) is 17.7 Å². The van der Waals surface area contributed by atoms with Gasteiger partial charge in [0.15, 0.2) is 9.84 Å². The van der Waals surface area contributed by atoms with Crippen LogP contribution in [0.2, 0.25) is 0 Å². The van der Waals surface area contributed by atoms with E-state index in [0.717, 1.165) is 5.56 Å². The maximum absolute atomic E-state index is 12.1. The fourth-order valence-electron chi connectivity index (χ4n) is 3.60. The summed E-state index contributed by atoms with van der Waals surface area (Å²) in [5.41, 5.74) is 1.15. The minimum atomic E-state index is -3.15. The minimum Gasteiger partial charge on any atom is -0.478 e. The highest BCUT2D eigenvalue weighted by Gasteiger charge is 2.47. The quantitative estimate of drug-likeness (QED) is 0.836. The molecule has 0 aromatic heterocycles. The van der Waals surface area contributed by atoms with E-state index >= 15 is 0 Å². The normalized spacial score (nSPS) is 26.1. The second-order valence-corrected chi connectivity index (χ2v) is 8.55. The van der Waals surface area contributed by atoms with Gasteiger partial charge in [-0.15, -0.1) is 0 Å². The van der Waals surface area contributed by atoms with E-state index in [1.54, 1.807) is 29.2 Å². The number of piperazine rings is 1. The monoisotopic (exact) mass is 352 g/mol. The molecule has 2 heterocycles. The van der Waals surface area contributed by atoms with Crippen LogP contribution >= 0.6 is 0 Å². The molecule has 24 heavy (non-hydrogen) atoms. The first-order chi connectivity index (χ1) is 11.3. The number of hydrogen-bond donors (Lipinski definition) is 1. The van der Waals surface area contributed by atoms with Crippen LogP contribution in [0.3, 0.4) is 0 Å². The standard InChI is InChI=1S/C16H20N2O5S/c1-11(19)18-7-6-17(14-9-24(22,23)10-15(14)18)8-12-2-4-13(5-3-12)16(20)21/h2-5,14-15H,6-10H2,1H3,(H,20,21)/t14-,15+/m0/s1. The van der Waals surface area contributed by atoms with Crippen molar-refractivity contribution in [2.45, 2.75) is 25.6 Å². The van der Waals surface area contributed by atoms with Crippen molar-refractivity contribution in [1.29, 1.82) is 0 Å². The number of hydrogen-bond acceptors (Lipinski definition) is 5. The first-order valence-corrected chi connectivity index (χ1v) is 9.63. The Labute approximate surface area is 140 Å². The molecule has 2 atom stereocenters. The first kappa shape index (κ1) is 16.9. The summed E-state index contributed by atoms with van der Waals surface area (Å²) in [7, 11) is -3.15. The molecule has 1 amide bonds. The highest BCUT2D eigenvalue weighted by molar-refractivity contribution is 7.91. The molecule has 8 heteroatoms. The Balaban J connectivity index is 1.79. The molecule has 1 N–H and O–H groups in total. The van der Waals surface area contributed by atoms with Crippen LogP contribution in [0.25, 0.3) is 0 Å². The number of carbonyl (C=O) groups is 2. The number of carboxylic acids is 1. The Kier molecular flexibility index (Phi) is 4.35. The Bertz CT molecular complexity index is 759. The van der Waals surface area contributed by atoms with Crippen molar-refractivity contribution >= 4 is 21.7 Å². The van der Waals surface area contributed by atoms with Crippen LogP contribution < -0.4 is 0 Å². The number of amides is 1. The Morgan fingerprint density at radius 2 is 1.75 bits per heavy atom. The van der Waals surface area contributed by atoms with Crippen LogP contribution in [0.1, 0.15) is 22.8 Å². The van der Waals surface area contributed by atoms with Crippen molar-refractivity contribution in [2.24, 2.45) is 0 Å². The molecule has 0 saturated carbocycles. The summed E-state index contributed by atoms with van der Waals surface area (Å²) in [6.07, 6.45) is 0. The molecular formula is C16H20N2O5S. The second-order valence-electron chi connectivity index (χ2n) is 6.40. The van der Waals surface area contributed by atoms with Crippen molar-refractivity contribution in [3.8, 4) is 0 Å². The van der Waals surface area contributed by atoms with Crippen LogP contribution in [-0.2, 0) is 21.2 Å². The molecule has 2 saturated heterocycles. The van der Waals surface area contributed by atoms with Gasteiger partial charge in [0.2, 0.25) is 5.91 Å². The average molecular weight is 352 g/mol. The number of sulfone groups is 1. The van der Waals surface area contributed by atoms with E-state index in [1.165, 1.54) is 6.92 Å². The summed E-state index contributed by atoms with van der Waals surface area (Å²) < 4.78 is 24.1. The summed E-state index contributed by atoms with van der Waals surface area (Å²) >= 11 is 0. The molecule has 0 aliphatic carbocycles. The lowest BCUT2D eigenvalue weighted by molar-refractivity contribution is -0.134. The van der Waals surface area contributed by atoms with Gasteiger partial charge in [0.1, 0.15) is 0 Å². The third-order valence-corrected chi connectivity index (χ3v) is 6.48. The number of benzene rings is 1. The lowest BCUT2D eigenvalue weighted by atomic mass is 10.0.